The van der Waals surface area contributed by atoms with Gasteiger partial charge in [-0.25, -0.2) is 4.98 Å². The average Bonchev–Trinajstić information content (AvgIpc) is 3.30. The molecule has 26 heavy (non-hydrogen) atoms. The van der Waals surface area contributed by atoms with Gasteiger partial charge in [0.15, 0.2) is 0 Å². The van der Waals surface area contributed by atoms with Crippen molar-refractivity contribution < 1.29 is 14.7 Å². The van der Waals surface area contributed by atoms with E-state index < -0.39 is 11.9 Å². The van der Waals surface area contributed by atoms with Crippen molar-refractivity contribution in [2.24, 2.45) is 11.3 Å². The number of nitrogens with zero attached hydrogens (tertiary/aromatic N) is 3. The van der Waals surface area contributed by atoms with E-state index >= 15 is 0 Å². The van der Waals surface area contributed by atoms with Crippen molar-refractivity contribution in [3.05, 3.63) is 48.4 Å². The summed E-state index contributed by atoms with van der Waals surface area (Å²) in [5, 5.41) is 9.64. The monoisotopic (exact) mass is 351 g/mol. The van der Waals surface area contributed by atoms with Crippen LogP contribution in [-0.2, 0) is 4.79 Å². The van der Waals surface area contributed by atoms with Crippen LogP contribution in [-0.4, -0.2) is 44.9 Å². The zero-order valence-electron chi connectivity index (χ0n) is 14.5. The Hall–Kier alpha value is -2.76. The number of pyridine rings is 2. The van der Waals surface area contributed by atoms with Crippen molar-refractivity contribution in [2.45, 2.75) is 25.7 Å². The van der Waals surface area contributed by atoms with Gasteiger partial charge in [0.25, 0.3) is 5.91 Å². The highest BCUT2D eigenvalue weighted by Gasteiger charge is 2.52. The van der Waals surface area contributed by atoms with Gasteiger partial charge in [0, 0.05) is 36.5 Å². The molecule has 1 spiro atoms. The molecule has 1 N–H and O–H groups in total. The number of hydrogen-bond donors (Lipinski definition) is 1. The third-order valence-corrected chi connectivity index (χ3v) is 5.78. The van der Waals surface area contributed by atoms with Crippen molar-refractivity contribution in [1.82, 2.24) is 14.9 Å². The molecule has 2 aliphatic rings. The summed E-state index contributed by atoms with van der Waals surface area (Å²) in [7, 11) is 0. The second-order valence-electron chi connectivity index (χ2n) is 7.29. The molecule has 1 aliphatic heterocycles. The first-order chi connectivity index (χ1) is 12.6. The van der Waals surface area contributed by atoms with Gasteiger partial charge in [0.1, 0.15) is 5.69 Å². The van der Waals surface area contributed by atoms with Crippen LogP contribution >= 0.6 is 0 Å². The highest BCUT2D eigenvalue weighted by molar-refractivity contribution is 5.93. The number of carboxylic acid groups (broad SMARTS) is 1. The van der Waals surface area contributed by atoms with E-state index in [1.54, 1.807) is 23.4 Å². The molecule has 6 nitrogen and oxygen atoms in total. The maximum absolute atomic E-state index is 13.0. The van der Waals surface area contributed by atoms with E-state index in [-0.39, 0.29) is 17.9 Å². The van der Waals surface area contributed by atoms with Gasteiger partial charge in [0.05, 0.1) is 11.6 Å². The number of likely N-dealkylation sites (tertiary alicyclic amines) is 1. The molecule has 1 atom stereocenters. The van der Waals surface area contributed by atoms with Gasteiger partial charge >= 0.3 is 5.97 Å². The first kappa shape index (κ1) is 16.7. The lowest BCUT2D eigenvalue weighted by atomic mass is 9.76. The van der Waals surface area contributed by atoms with Gasteiger partial charge < -0.3 is 10.0 Å². The molecular weight excluding hydrogens is 330 g/mol. The summed E-state index contributed by atoms with van der Waals surface area (Å²) in [5.74, 6) is -1.45. The van der Waals surface area contributed by atoms with Gasteiger partial charge in [-0.2, -0.15) is 0 Å². The minimum absolute atomic E-state index is 0.184. The lowest BCUT2D eigenvalue weighted by molar-refractivity contribution is -0.144. The molecule has 0 aromatic carbocycles. The molecule has 0 radical (unpaired) electrons. The minimum Gasteiger partial charge on any atom is -0.481 e. The maximum atomic E-state index is 13.0. The highest BCUT2D eigenvalue weighted by Crippen LogP contribution is 2.49. The molecule has 1 amide bonds. The molecule has 134 valence electrons. The van der Waals surface area contributed by atoms with Gasteiger partial charge in [-0.1, -0.05) is 18.9 Å². The van der Waals surface area contributed by atoms with E-state index in [4.69, 9.17) is 0 Å². The second-order valence-corrected chi connectivity index (χ2v) is 7.29. The van der Waals surface area contributed by atoms with Crippen molar-refractivity contribution in [3.8, 4) is 11.3 Å². The summed E-state index contributed by atoms with van der Waals surface area (Å²) >= 11 is 0. The molecule has 1 saturated heterocycles. The lowest BCUT2D eigenvalue weighted by Crippen LogP contribution is -2.32. The molecule has 2 fully saturated rings. The molecule has 1 aliphatic carbocycles. The van der Waals surface area contributed by atoms with Crippen LogP contribution in [0.4, 0.5) is 0 Å². The van der Waals surface area contributed by atoms with Crippen molar-refractivity contribution >= 4 is 11.9 Å². The Morgan fingerprint density at radius 3 is 2.54 bits per heavy atom. The topological polar surface area (TPSA) is 83.4 Å². The number of aromatic nitrogens is 2. The molecule has 4 rings (SSSR count). The summed E-state index contributed by atoms with van der Waals surface area (Å²) in [6.07, 6.45) is 7.24. The standard InChI is InChI=1S/C20H21N3O3/c24-18(17-5-3-4-16(22-17)14-6-10-21-11-7-14)23-12-15(19(25)26)20(13-23)8-1-2-9-20/h3-7,10-11,15H,1-2,8-9,12-13H2,(H,25,26). The first-order valence-electron chi connectivity index (χ1n) is 8.99. The second kappa shape index (κ2) is 6.52. The van der Waals surface area contributed by atoms with Crippen LogP contribution in [0.15, 0.2) is 42.7 Å². The summed E-state index contributed by atoms with van der Waals surface area (Å²) < 4.78 is 0. The molecule has 3 heterocycles. The van der Waals surface area contributed by atoms with E-state index in [1.165, 1.54) is 0 Å². The van der Waals surface area contributed by atoms with Gasteiger partial charge in [-0.05, 0) is 37.1 Å². The molecule has 1 saturated carbocycles. The number of hydrogen-bond acceptors (Lipinski definition) is 4. The molecule has 2 aromatic heterocycles. The lowest BCUT2D eigenvalue weighted by Gasteiger charge is -2.26. The van der Waals surface area contributed by atoms with Gasteiger partial charge in [-0.3, -0.25) is 14.6 Å². The smallest absolute Gasteiger partial charge is 0.308 e. The largest absolute Gasteiger partial charge is 0.481 e. The predicted molar refractivity (Wildman–Crippen MR) is 95.4 cm³/mol. The average molecular weight is 351 g/mol. The summed E-state index contributed by atoms with van der Waals surface area (Å²) in [6, 6.07) is 9.06. The van der Waals surface area contributed by atoms with Crippen LogP contribution in [0.2, 0.25) is 0 Å². The molecular formula is C20H21N3O3. The number of amides is 1. The Labute approximate surface area is 151 Å². The van der Waals surface area contributed by atoms with E-state index in [0.717, 1.165) is 31.2 Å². The summed E-state index contributed by atoms with van der Waals surface area (Å²) in [5.41, 5.74) is 1.71. The predicted octanol–water partition coefficient (Wildman–Crippen LogP) is 2.86. The Kier molecular flexibility index (Phi) is 4.18. The number of carboxylic acids is 1. The van der Waals surface area contributed by atoms with Crippen molar-refractivity contribution in [1.29, 1.82) is 0 Å². The maximum Gasteiger partial charge on any atom is 0.308 e. The van der Waals surface area contributed by atoms with E-state index in [0.29, 0.717) is 17.9 Å². The number of carbonyl (C=O) groups is 2. The molecule has 2 aromatic rings. The Morgan fingerprint density at radius 1 is 1.12 bits per heavy atom. The van der Waals surface area contributed by atoms with Crippen molar-refractivity contribution in [2.75, 3.05) is 13.1 Å². The summed E-state index contributed by atoms with van der Waals surface area (Å²) in [6.45, 7) is 0.791. The fourth-order valence-corrected chi connectivity index (χ4v) is 4.45. The van der Waals surface area contributed by atoms with Crippen LogP contribution in [0, 0.1) is 11.3 Å². The summed E-state index contributed by atoms with van der Waals surface area (Å²) in [4.78, 5) is 34.9. The Bertz CT molecular complexity index is 831. The normalized spacial score (nSPS) is 21.2. The minimum atomic E-state index is -0.791. The van der Waals surface area contributed by atoms with Gasteiger partial charge in [0.2, 0.25) is 0 Å². The number of aliphatic carboxylic acids is 1. The highest BCUT2D eigenvalue weighted by atomic mass is 16.4. The van der Waals surface area contributed by atoms with Crippen LogP contribution in [0.25, 0.3) is 11.3 Å². The van der Waals surface area contributed by atoms with Gasteiger partial charge in [-0.15, -0.1) is 0 Å². The van der Waals surface area contributed by atoms with Crippen LogP contribution in [0.3, 0.4) is 0 Å². The Balaban J connectivity index is 1.60. The fraction of sp³-hybridized carbons (Fsp3) is 0.400. The molecule has 1 unspecified atom stereocenters. The van der Waals surface area contributed by atoms with Crippen molar-refractivity contribution in [3.63, 3.8) is 0 Å². The zero-order valence-corrected chi connectivity index (χ0v) is 14.5. The van der Waals surface area contributed by atoms with E-state index in [9.17, 15) is 14.7 Å². The number of rotatable bonds is 3. The zero-order chi connectivity index (χ0) is 18.1. The van der Waals surface area contributed by atoms with E-state index in [2.05, 4.69) is 9.97 Å². The van der Waals surface area contributed by atoms with Crippen LogP contribution in [0.1, 0.15) is 36.2 Å². The third-order valence-electron chi connectivity index (χ3n) is 5.78. The quantitative estimate of drug-likeness (QED) is 0.919. The molecule has 6 heteroatoms. The SMILES string of the molecule is O=C(O)C1CN(C(=O)c2cccc(-c3ccncc3)n2)CC12CCCC2. The third kappa shape index (κ3) is 2.85. The Morgan fingerprint density at radius 2 is 1.85 bits per heavy atom. The number of carbonyl (C=O) groups excluding carboxylic acids is 1. The fourth-order valence-electron chi connectivity index (χ4n) is 4.45. The van der Waals surface area contributed by atoms with Crippen LogP contribution in [0.5, 0.6) is 0 Å². The molecule has 0 bridgehead atoms. The van der Waals surface area contributed by atoms with Crippen LogP contribution < -0.4 is 0 Å². The first-order valence-corrected chi connectivity index (χ1v) is 8.99. The van der Waals surface area contributed by atoms with E-state index in [1.807, 2.05) is 24.3 Å².